The van der Waals surface area contributed by atoms with Crippen LogP contribution in [-0.2, 0) is 19.2 Å². The third kappa shape index (κ3) is 5.17. The molecule has 16 heavy (non-hydrogen) atoms. The van der Waals surface area contributed by atoms with E-state index in [2.05, 4.69) is 0 Å². The molecule has 0 bridgehead atoms. The van der Waals surface area contributed by atoms with Gasteiger partial charge in [0.05, 0.1) is 0 Å². The van der Waals surface area contributed by atoms with Crippen LogP contribution in [0.2, 0.25) is 0 Å². The summed E-state index contributed by atoms with van der Waals surface area (Å²) in [6, 6.07) is 0. The molecule has 0 atom stereocenters. The lowest BCUT2D eigenvalue weighted by molar-refractivity contribution is -0.138. The number of Topliss-reactive ketones (excluding diaryl/α,β-unsaturated/α-hetero) is 2. The molecule has 0 aromatic rings. The maximum absolute atomic E-state index is 10.9. The van der Waals surface area contributed by atoms with Crippen LogP contribution in [0.5, 0.6) is 0 Å². The quantitative estimate of drug-likeness (QED) is 0.127. The van der Waals surface area contributed by atoms with Crippen molar-refractivity contribution in [2.75, 3.05) is 0 Å². The van der Waals surface area contributed by atoms with Crippen molar-refractivity contribution in [3.63, 3.8) is 0 Å². The van der Waals surface area contributed by atoms with Crippen molar-refractivity contribution in [3.8, 4) is 0 Å². The normalized spacial score (nSPS) is 9.38. The molecule has 0 fully saturated rings. The van der Waals surface area contributed by atoms with Gasteiger partial charge >= 0.3 is 11.8 Å². The van der Waals surface area contributed by atoms with Gasteiger partial charge in [-0.05, 0) is 12.8 Å². The molecule has 0 unspecified atom stereocenters. The van der Waals surface area contributed by atoms with E-state index < -0.39 is 23.4 Å². The summed E-state index contributed by atoms with van der Waals surface area (Å²) in [7, 11) is 0. The molecule has 0 aliphatic carbocycles. The Kier molecular flexibility index (Phi) is 6.64. The molecule has 0 aromatic heterocycles. The standard InChI is InChI=1S/C8H14N4O4/c9-11-7(15)5(13)3-1-2-4-6(14)8(16)12-10/h1-4,9-10H2,(H,11,15)(H,12,16). The maximum Gasteiger partial charge on any atom is 0.301 e. The van der Waals surface area contributed by atoms with Crippen LogP contribution in [0.15, 0.2) is 0 Å². The van der Waals surface area contributed by atoms with E-state index in [1.165, 1.54) is 0 Å². The van der Waals surface area contributed by atoms with E-state index in [0.29, 0.717) is 12.8 Å². The second-order valence-corrected chi connectivity index (χ2v) is 3.00. The van der Waals surface area contributed by atoms with Crippen LogP contribution < -0.4 is 22.5 Å². The molecule has 0 saturated carbocycles. The molecular formula is C8H14N4O4. The predicted molar refractivity (Wildman–Crippen MR) is 53.1 cm³/mol. The number of amides is 2. The Labute approximate surface area is 91.7 Å². The number of hydrazine groups is 2. The van der Waals surface area contributed by atoms with Crippen molar-refractivity contribution < 1.29 is 19.2 Å². The summed E-state index contributed by atoms with van der Waals surface area (Å²) < 4.78 is 0. The minimum Gasteiger partial charge on any atom is -0.289 e. The number of carbonyl (C=O) groups excluding carboxylic acids is 4. The van der Waals surface area contributed by atoms with Gasteiger partial charge in [0.1, 0.15) is 0 Å². The molecule has 0 rings (SSSR count). The number of nitrogens with one attached hydrogen (secondary N) is 2. The SMILES string of the molecule is NNC(=O)C(=O)CCCCC(=O)C(=O)NN. The Hall–Kier alpha value is -1.80. The van der Waals surface area contributed by atoms with Crippen molar-refractivity contribution in [3.05, 3.63) is 0 Å². The van der Waals surface area contributed by atoms with Gasteiger partial charge in [-0.25, -0.2) is 11.7 Å². The van der Waals surface area contributed by atoms with E-state index >= 15 is 0 Å². The number of hydrogen-bond acceptors (Lipinski definition) is 6. The zero-order valence-electron chi connectivity index (χ0n) is 8.62. The molecule has 0 saturated heterocycles. The molecule has 6 N–H and O–H groups in total. The summed E-state index contributed by atoms with van der Waals surface area (Å²) in [5, 5.41) is 0. The highest BCUT2D eigenvalue weighted by Crippen LogP contribution is 2.01. The highest BCUT2D eigenvalue weighted by atomic mass is 16.2. The zero-order chi connectivity index (χ0) is 12.6. The smallest absolute Gasteiger partial charge is 0.289 e. The van der Waals surface area contributed by atoms with Crippen LogP contribution in [-0.4, -0.2) is 23.4 Å². The van der Waals surface area contributed by atoms with Gasteiger partial charge in [-0.2, -0.15) is 0 Å². The molecule has 0 radical (unpaired) electrons. The van der Waals surface area contributed by atoms with Crippen molar-refractivity contribution >= 4 is 23.4 Å². The summed E-state index contributed by atoms with van der Waals surface area (Å²) in [4.78, 5) is 43.2. The van der Waals surface area contributed by atoms with Gasteiger partial charge in [-0.15, -0.1) is 0 Å². The fourth-order valence-electron chi connectivity index (χ4n) is 0.959. The van der Waals surface area contributed by atoms with Crippen molar-refractivity contribution in [2.24, 2.45) is 11.7 Å². The van der Waals surface area contributed by atoms with Gasteiger partial charge in [0, 0.05) is 12.8 Å². The van der Waals surface area contributed by atoms with Crippen LogP contribution in [0.1, 0.15) is 25.7 Å². The highest BCUT2D eigenvalue weighted by Gasteiger charge is 2.13. The summed E-state index contributed by atoms with van der Waals surface area (Å²) in [5.41, 5.74) is 3.41. The Morgan fingerprint density at radius 1 is 0.750 bits per heavy atom. The van der Waals surface area contributed by atoms with E-state index in [-0.39, 0.29) is 12.8 Å². The number of hydrogen-bond donors (Lipinski definition) is 4. The molecule has 0 aromatic carbocycles. The molecule has 0 aliphatic heterocycles. The summed E-state index contributed by atoms with van der Waals surface area (Å²) in [6.07, 6.45) is 0.632. The van der Waals surface area contributed by atoms with Crippen molar-refractivity contribution in [1.29, 1.82) is 0 Å². The Morgan fingerprint density at radius 2 is 1.06 bits per heavy atom. The first-order valence-electron chi connectivity index (χ1n) is 4.60. The third-order valence-electron chi connectivity index (χ3n) is 1.83. The van der Waals surface area contributed by atoms with Gasteiger partial charge in [0.15, 0.2) is 0 Å². The van der Waals surface area contributed by atoms with Crippen LogP contribution in [0.3, 0.4) is 0 Å². The van der Waals surface area contributed by atoms with Crippen LogP contribution in [0.25, 0.3) is 0 Å². The zero-order valence-corrected chi connectivity index (χ0v) is 8.62. The van der Waals surface area contributed by atoms with Gasteiger partial charge in [-0.1, -0.05) is 0 Å². The minimum atomic E-state index is -0.869. The first-order chi connectivity index (χ1) is 7.52. The Bertz CT molecular complexity index is 272. The van der Waals surface area contributed by atoms with E-state index in [1.807, 2.05) is 0 Å². The second kappa shape index (κ2) is 7.49. The van der Waals surface area contributed by atoms with E-state index in [1.54, 1.807) is 10.9 Å². The number of unbranched alkanes of at least 4 members (excludes halogenated alkanes) is 1. The minimum absolute atomic E-state index is 0.0133. The van der Waals surface area contributed by atoms with Crippen molar-refractivity contribution in [2.45, 2.75) is 25.7 Å². The fraction of sp³-hybridized carbons (Fsp3) is 0.500. The third-order valence-corrected chi connectivity index (χ3v) is 1.83. The van der Waals surface area contributed by atoms with E-state index in [4.69, 9.17) is 11.7 Å². The molecule has 0 heterocycles. The first-order valence-corrected chi connectivity index (χ1v) is 4.60. The van der Waals surface area contributed by atoms with Crippen LogP contribution in [0.4, 0.5) is 0 Å². The molecule has 90 valence electrons. The Balaban J connectivity index is 3.69. The molecule has 0 spiro atoms. The van der Waals surface area contributed by atoms with Crippen molar-refractivity contribution in [1.82, 2.24) is 10.9 Å². The first kappa shape index (κ1) is 14.2. The number of ketones is 2. The molecule has 0 aliphatic rings. The number of nitrogens with two attached hydrogens (primary N) is 2. The molecular weight excluding hydrogens is 216 g/mol. The monoisotopic (exact) mass is 230 g/mol. The second-order valence-electron chi connectivity index (χ2n) is 3.00. The predicted octanol–water partition coefficient (Wildman–Crippen LogP) is -2.34. The molecule has 8 nitrogen and oxygen atoms in total. The lowest BCUT2D eigenvalue weighted by Gasteiger charge is -2.00. The van der Waals surface area contributed by atoms with Gasteiger partial charge in [0.2, 0.25) is 11.6 Å². The highest BCUT2D eigenvalue weighted by molar-refractivity contribution is 6.36. The lowest BCUT2D eigenvalue weighted by atomic mass is 10.1. The van der Waals surface area contributed by atoms with Gasteiger partial charge in [-0.3, -0.25) is 30.0 Å². The summed E-state index contributed by atoms with van der Waals surface area (Å²) in [6.45, 7) is 0. The summed E-state index contributed by atoms with van der Waals surface area (Å²) in [5.74, 6) is 6.44. The molecule has 8 heteroatoms. The number of rotatable bonds is 7. The molecule has 2 amide bonds. The van der Waals surface area contributed by atoms with Gasteiger partial charge < -0.3 is 0 Å². The van der Waals surface area contributed by atoms with Gasteiger partial charge in [0.25, 0.3) is 0 Å². The largest absolute Gasteiger partial charge is 0.301 e. The number of carbonyl (C=O) groups is 4. The Morgan fingerprint density at radius 3 is 1.31 bits per heavy atom. The lowest BCUT2D eigenvalue weighted by Crippen LogP contribution is -2.36. The van der Waals surface area contributed by atoms with Crippen LogP contribution in [0, 0.1) is 0 Å². The van der Waals surface area contributed by atoms with E-state index in [9.17, 15) is 19.2 Å². The average Bonchev–Trinajstić information content (AvgIpc) is 2.31. The van der Waals surface area contributed by atoms with Crippen LogP contribution >= 0.6 is 0 Å². The maximum atomic E-state index is 10.9. The summed E-state index contributed by atoms with van der Waals surface area (Å²) >= 11 is 0. The van der Waals surface area contributed by atoms with E-state index in [0.717, 1.165) is 0 Å². The average molecular weight is 230 g/mol. The topological polar surface area (TPSA) is 144 Å². The fourth-order valence-corrected chi connectivity index (χ4v) is 0.959.